The highest BCUT2D eigenvalue weighted by Gasteiger charge is 2.31. The molecule has 0 N–H and O–H groups in total. The van der Waals surface area contributed by atoms with E-state index in [-0.39, 0.29) is 5.97 Å². The molecule has 0 radical (unpaired) electrons. The van der Waals surface area contributed by atoms with Crippen LogP contribution in [0.4, 0.5) is 0 Å². The van der Waals surface area contributed by atoms with Gasteiger partial charge >= 0.3 is 5.97 Å². The van der Waals surface area contributed by atoms with E-state index in [1.54, 1.807) is 0 Å². The first-order valence-corrected chi connectivity index (χ1v) is 16.0. The van der Waals surface area contributed by atoms with Crippen LogP contribution in [-0.4, -0.2) is 5.97 Å². The van der Waals surface area contributed by atoms with Crippen molar-refractivity contribution in [2.45, 2.75) is 110 Å². The lowest BCUT2D eigenvalue weighted by molar-refractivity contribution is 0.0735. The van der Waals surface area contributed by atoms with Gasteiger partial charge in [0.05, 0.1) is 5.56 Å². The van der Waals surface area contributed by atoms with Crippen LogP contribution in [0.2, 0.25) is 0 Å². The lowest BCUT2D eigenvalue weighted by Gasteiger charge is -2.38. The van der Waals surface area contributed by atoms with E-state index in [0.29, 0.717) is 17.2 Å². The number of aryl methyl sites for hydroxylation is 1. The van der Waals surface area contributed by atoms with Gasteiger partial charge in [-0.25, -0.2) is 4.79 Å². The molecule has 2 heteroatoms. The van der Waals surface area contributed by atoms with Gasteiger partial charge in [0.1, 0.15) is 5.75 Å². The molecule has 0 aromatic heterocycles. The Hall–Kier alpha value is -2.61. The predicted molar refractivity (Wildman–Crippen MR) is 164 cm³/mol. The maximum Gasteiger partial charge on any atom is 0.343 e. The van der Waals surface area contributed by atoms with Gasteiger partial charge < -0.3 is 4.74 Å². The van der Waals surface area contributed by atoms with Gasteiger partial charge in [-0.1, -0.05) is 88.8 Å². The molecule has 3 aromatic rings. The molecule has 0 atom stereocenters. The lowest BCUT2D eigenvalue weighted by Crippen LogP contribution is -2.25. The first-order chi connectivity index (χ1) is 19.1. The van der Waals surface area contributed by atoms with Crippen LogP contribution in [0.25, 0.3) is 10.8 Å². The van der Waals surface area contributed by atoms with Crippen LogP contribution in [0.15, 0.2) is 60.7 Å². The zero-order valence-electron chi connectivity index (χ0n) is 24.3. The van der Waals surface area contributed by atoms with Crippen molar-refractivity contribution in [2.24, 2.45) is 17.8 Å². The van der Waals surface area contributed by atoms with Crippen molar-refractivity contribution in [3.8, 4) is 5.75 Å². The Kier molecular flexibility index (Phi) is 9.77. The van der Waals surface area contributed by atoms with Crippen LogP contribution in [0.1, 0.15) is 125 Å². The molecule has 0 bridgehead atoms. The Morgan fingerprint density at radius 2 is 1.38 bits per heavy atom. The Bertz CT molecular complexity index is 1190. The molecule has 5 rings (SSSR count). The number of ether oxygens (including phenoxy) is 1. The summed E-state index contributed by atoms with van der Waals surface area (Å²) in [5.74, 6) is 3.92. The normalized spacial score (nSPS) is 23.5. The van der Waals surface area contributed by atoms with E-state index in [2.05, 4.69) is 44.2 Å². The van der Waals surface area contributed by atoms with Crippen molar-refractivity contribution in [3.05, 3.63) is 77.4 Å². The molecule has 0 unspecified atom stereocenters. The molecule has 2 aliphatic rings. The fourth-order valence-electron chi connectivity index (χ4n) is 7.41. The van der Waals surface area contributed by atoms with Crippen LogP contribution in [0, 0.1) is 17.8 Å². The van der Waals surface area contributed by atoms with Gasteiger partial charge in [-0.15, -0.1) is 0 Å². The fraction of sp³-hybridized carbons (Fsp3) is 0.541. The summed E-state index contributed by atoms with van der Waals surface area (Å²) in [5, 5.41) is 2.27. The van der Waals surface area contributed by atoms with Gasteiger partial charge in [0.15, 0.2) is 0 Å². The molecular weight excluding hydrogens is 476 g/mol. The van der Waals surface area contributed by atoms with Crippen LogP contribution >= 0.6 is 0 Å². The summed E-state index contributed by atoms with van der Waals surface area (Å²) in [6.45, 7) is 4.57. The number of carbonyl (C=O) groups is 1. The Labute approximate surface area is 236 Å². The first-order valence-electron chi connectivity index (χ1n) is 16.0. The second-order valence-corrected chi connectivity index (χ2v) is 12.5. The predicted octanol–water partition coefficient (Wildman–Crippen LogP) is 10.7. The van der Waals surface area contributed by atoms with Crippen LogP contribution < -0.4 is 4.74 Å². The molecule has 0 amide bonds. The van der Waals surface area contributed by atoms with Crippen molar-refractivity contribution < 1.29 is 9.53 Å². The number of hydrogen-bond acceptors (Lipinski definition) is 2. The van der Waals surface area contributed by atoms with Crippen LogP contribution in [-0.2, 0) is 6.42 Å². The highest BCUT2D eigenvalue weighted by atomic mass is 16.5. The molecule has 3 aromatic carbocycles. The van der Waals surface area contributed by atoms with E-state index in [9.17, 15) is 4.79 Å². The quantitative estimate of drug-likeness (QED) is 0.150. The summed E-state index contributed by atoms with van der Waals surface area (Å²) in [6.07, 6.45) is 18.9. The second-order valence-electron chi connectivity index (χ2n) is 12.5. The number of benzene rings is 3. The van der Waals surface area contributed by atoms with Crippen molar-refractivity contribution in [3.63, 3.8) is 0 Å². The lowest BCUT2D eigenvalue weighted by atomic mass is 9.68. The summed E-state index contributed by atoms with van der Waals surface area (Å²) in [5.41, 5.74) is 3.38. The van der Waals surface area contributed by atoms with E-state index in [1.807, 2.05) is 30.3 Å². The summed E-state index contributed by atoms with van der Waals surface area (Å²) < 4.78 is 5.76. The van der Waals surface area contributed by atoms with Gasteiger partial charge in [0.2, 0.25) is 0 Å². The smallest absolute Gasteiger partial charge is 0.343 e. The van der Waals surface area contributed by atoms with Crippen molar-refractivity contribution in [1.29, 1.82) is 0 Å². The summed E-state index contributed by atoms with van der Waals surface area (Å²) in [6, 6.07) is 20.8. The summed E-state index contributed by atoms with van der Waals surface area (Å²) in [7, 11) is 0. The number of unbranched alkanes of at least 4 members (excludes halogenated alkanes) is 2. The average Bonchev–Trinajstić information content (AvgIpc) is 2.98. The molecule has 208 valence electrons. The summed E-state index contributed by atoms with van der Waals surface area (Å²) in [4.78, 5) is 12.9. The third-order valence-corrected chi connectivity index (χ3v) is 9.80. The molecule has 0 saturated heterocycles. The van der Waals surface area contributed by atoms with E-state index >= 15 is 0 Å². The van der Waals surface area contributed by atoms with Gasteiger partial charge in [0, 0.05) is 0 Å². The minimum absolute atomic E-state index is 0.286. The molecule has 0 heterocycles. The highest BCUT2D eigenvalue weighted by Crippen LogP contribution is 2.44. The first kappa shape index (κ1) is 27.9. The Morgan fingerprint density at radius 3 is 2.08 bits per heavy atom. The SMILES string of the molecule is CCCCCc1ccc2cc(C(=O)Oc3ccc(C4CCC(C5CCC(CCC)CC5)CC4)cc3)ccc2c1. The van der Waals surface area contributed by atoms with Crippen LogP contribution in [0.5, 0.6) is 5.75 Å². The third-order valence-electron chi connectivity index (χ3n) is 9.80. The molecule has 39 heavy (non-hydrogen) atoms. The minimum Gasteiger partial charge on any atom is -0.423 e. The third kappa shape index (κ3) is 7.33. The van der Waals surface area contributed by atoms with Gasteiger partial charge in [-0.3, -0.25) is 0 Å². The number of rotatable bonds is 10. The second kappa shape index (κ2) is 13.6. The molecular formula is C37H48O2. The number of carbonyl (C=O) groups excluding carboxylic acids is 1. The van der Waals surface area contributed by atoms with Gasteiger partial charge in [-0.2, -0.15) is 0 Å². The minimum atomic E-state index is -0.286. The molecule has 2 aliphatic carbocycles. The zero-order chi connectivity index (χ0) is 27.0. The monoisotopic (exact) mass is 524 g/mol. The Morgan fingerprint density at radius 1 is 0.718 bits per heavy atom. The molecule has 0 spiro atoms. The zero-order valence-corrected chi connectivity index (χ0v) is 24.3. The number of hydrogen-bond donors (Lipinski definition) is 0. The molecule has 0 aliphatic heterocycles. The standard InChI is InChI=1S/C37H48O2/c1-3-5-6-8-28-11-14-34-26-35(20-19-33(34)25-28)37(38)39-36-23-21-32(22-24-36)31-17-15-30(16-18-31)29-12-9-27(7-4-2)10-13-29/h11,14,19-27,29-31H,3-10,12-13,15-18H2,1-2H3. The largest absolute Gasteiger partial charge is 0.423 e. The van der Waals surface area contributed by atoms with Gasteiger partial charge in [0.25, 0.3) is 0 Å². The van der Waals surface area contributed by atoms with Crippen LogP contribution in [0.3, 0.4) is 0 Å². The van der Waals surface area contributed by atoms with Gasteiger partial charge in [-0.05, 0) is 121 Å². The topological polar surface area (TPSA) is 26.3 Å². The maximum atomic E-state index is 12.9. The maximum absolute atomic E-state index is 12.9. The van der Waals surface area contributed by atoms with Crippen molar-refractivity contribution in [1.82, 2.24) is 0 Å². The van der Waals surface area contributed by atoms with E-state index in [1.165, 1.54) is 100.0 Å². The van der Waals surface area contributed by atoms with E-state index in [4.69, 9.17) is 4.74 Å². The van der Waals surface area contributed by atoms with E-state index in [0.717, 1.165) is 29.6 Å². The average molecular weight is 525 g/mol. The molecule has 2 nitrogen and oxygen atoms in total. The van der Waals surface area contributed by atoms with E-state index < -0.39 is 0 Å². The summed E-state index contributed by atoms with van der Waals surface area (Å²) >= 11 is 0. The highest BCUT2D eigenvalue weighted by molar-refractivity contribution is 5.96. The Balaban J connectivity index is 1.12. The number of fused-ring (bicyclic) bond motifs is 1. The molecule has 2 saturated carbocycles. The molecule has 2 fully saturated rings. The fourth-order valence-corrected chi connectivity index (χ4v) is 7.41. The number of esters is 1. The van der Waals surface area contributed by atoms with Crippen molar-refractivity contribution >= 4 is 16.7 Å². The van der Waals surface area contributed by atoms with Crippen molar-refractivity contribution in [2.75, 3.05) is 0 Å².